The first kappa shape index (κ1) is 60.3. The SMILES string of the molecule is c1ccc(-c2cccc(-c3ccccc3)c2N2c3cc4c(cc3B3c5ccccc5N(c5ccccc5)c5cc(N(c6ccccc6)c6ccccc6)cc2c53)B2c3ccccc3N(c3ccccc3-c3ccccn3)c3cc(N(c5ccccc5)c5ccccc5-c5ccccn5)cc(c32)O4)cc1. The Labute approximate surface area is 605 Å². The summed E-state index contributed by atoms with van der Waals surface area (Å²) in [5, 5.41) is 0. The molecule has 4 aliphatic heterocycles. The van der Waals surface area contributed by atoms with Gasteiger partial charge in [-0.1, -0.05) is 243 Å². The summed E-state index contributed by atoms with van der Waals surface area (Å²) in [5.41, 5.74) is 30.4. The number of para-hydroxylation sites is 9. The van der Waals surface area contributed by atoms with E-state index >= 15 is 0 Å². The molecule has 16 aromatic rings. The smallest absolute Gasteiger partial charge is 0.256 e. The lowest BCUT2D eigenvalue weighted by Crippen LogP contribution is -2.64. The Morgan fingerprint density at radius 3 is 1.29 bits per heavy atom. The van der Waals surface area contributed by atoms with E-state index in [1.165, 1.54) is 16.4 Å². The molecule has 14 aromatic carbocycles. The van der Waals surface area contributed by atoms with Gasteiger partial charge in [0.05, 0.1) is 39.8 Å². The Morgan fingerprint density at radius 1 is 0.260 bits per heavy atom. The van der Waals surface area contributed by atoms with Gasteiger partial charge in [-0.15, -0.1) is 0 Å². The van der Waals surface area contributed by atoms with Gasteiger partial charge in [-0.25, -0.2) is 0 Å². The van der Waals surface area contributed by atoms with Crippen LogP contribution in [0.2, 0.25) is 0 Å². The lowest BCUT2D eigenvalue weighted by Gasteiger charge is -2.46. The van der Waals surface area contributed by atoms with Crippen molar-refractivity contribution in [1.82, 2.24) is 9.97 Å². The third-order valence-electron chi connectivity index (χ3n) is 20.9. The minimum absolute atomic E-state index is 0.268. The molecular formula is C94H63B2N7O. The molecule has 0 atom stereocenters. The van der Waals surface area contributed by atoms with Crippen LogP contribution in [0.15, 0.2) is 382 Å². The first-order valence-corrected chi connectivity index (χ1v) is 35.5. The second kappa shape index (κ2) is 25.2. The van der Waals surface area contributed by atoms with Crippen molar-refractivity contribution in [1.29, 1.82) is 0 Å². The molecular weight excluding hydrogens is 1260 g/mol. The number of fused-ring (bicyclic) bond motifs is 8. The Morgan fingerprint density at radius 2 is 0.702 bits per heavy atom. The van der Waals surface area contributed by atoms with Gasteiger partial charge in [0, 0.05) is 104 Å². The molecule has 0 saturated carbocycles. The molecule has 486 valence electrons. The largest absolute Gasteiger partial charge is 0.458 e. The van der Waals surface area contributed by atoms with Crippen LogP contribution in [-0.4, -0.2) is 23.4 Å². The highest BCUT2D eigenvalue weighted by Gasteiger charge is 2.49. The first-order valence-electron chi connectivity index (χ1n) is 35.5. The van der Waals surface area contributed by atoms with Gasteiger partial charge < -0.3 is 29.2 Å². The van der Waals surface area contributed by atoms with E-state index in [0.717, 1.165) is 158 Å². The van der Waals surface area contributed by atoms with Crippen LogP contribution in [0.4, 0.5) is 85.3 Å². The van der Waals surface area contributed by atoms with Crippen molar-refractivity contribution in [3.8, 4) is 56.3 Å². The second-order valence-corrected chi connectivity index (χ2v) is 26.7. The molecule has 0 radical (unpaired) electrons. The minimum atomic E-state index is -0.304. The molecule has 10 heteroatoms. The molecule has 0 spiro atoms. The number of hydrogen-bond acceptors (Lipinski definition) is 8. The molecule has 4 aliphatic rings. The maximum atomic E-state index is 8.09. The fraction of sp³-hybridized carbons (Fsp3) is 0. The van der Waals surface area contributed by atoms with Gasteiger partial charge in [-0.05, 0) is 159 Å². The topological polar surface area (TPSA) is 51.2 Å². The van der Waals surface area contributed by atoms with Gasteiger partial charge in [0.1, 0.15) is 11.5 Å². The van der Waals surface area contributed by atoms with Crippen molar-refractivity contribution in [2.24, 2.45) is 0 Å². The van der Waals surface area contributed by atoms with Crippen LogP contribution in [-0.2, 0) is 0 Å². The molecule has 20 rings (SSSR count). The lowest BCUT2D eigenvalue weighted by molar-refractivity contribution is 0.488. The average molecular weight is 1330 g/mol. The highest BCUT2D eigenvalue weighted by molar-refractivity contribution is 7.02. The monoisotopic (exact) mass is 1330 g/mol. The quantitative estimate of drug-likeness (QED) is 0.106. The number of anilines is 15. The van der Waals surface area contributed by atoms with Crippen LogP contribution >= 0.6 is 0 Å². The summed E-state index contributed by atoms with van der Waals surface area (Å²) in [4.78, 5) is 22.4. The molecule has 0 N–H and O–H groups in total. The molecule has 0 fully saturated rings. The molecule has 0 saturated heterocycles. The number of hydrogen-bond donors (Lipinski definition) is 0. The second-order valence-electron chi connectivity index (χ2n) is 26.7. The van der Waals surface area contributed by atoms with Crippen molar-refractivity contribution in [3.63, 3.8) is 0 Å². The number of aromatic nitrogens is 2. The summed E-state index contributed by atoms with van der Waals surface area (Å²) >= 11 is 0. The Kier molecular flexibility index (Phi) is 14.6. The molecule has 8 nitrogen and oxygen atoms in total. The van der Waals surface area contributed by atoms with Crippen LogP contribution in [0.5, 0.6) is 11.5 Å². The Hall–Kier alpha value is -13.7. The van der Waals surface area contributed by atoms with Crippen molar-refractivity contribution >= 4 is 132 Å². The van der Waals surface area contributed by atoms with E-state index in [4.69, 9.17) is 14.7 Å². The molecule has 6 heterocycles. The van der Waals surface area contributed by atoms with Gasteiger partial charge >= 0.3 is 0 Å². The van der Waals surface area contributed by atoms with E-state index in [-0.39, 0.29) is 13.4 Å². The predicted octanol–water partition coefficient (Wildman–Crippen LogP) is 20.6. The standard InChI is InChI=1S/C94H63B2N7O/c1-7-32-64(33-8-1)72-46-31-47-73(65-34-9-2-10-35-65)94(72)103-86-63-90-79(62-78(86)95-76-48-21-25-54-84(76)101(69-42-17-6-18-43-69)87-58-70(59-88(103)92(87)95)99(66-36-11-3-12-37-66)67-38-13-4-14-39-67)96-77-49-22-26-55-85(77)102(83-53-24-20-45-75(83)81-51-28-30-57-98-81)89-60-71(61-91(104-90)93(89)96)100(68-40-15-5-16-41-68)82-52-23-19-44-74(82)80-50-27-29-56-97-80/h1-63H. The molecule has 0 unspecified atom stereocenters. The van der Waals surface area contributed by atoms with Crippen LogP contribution in [0, 0.1) is 0 Å². The van der Waals surface area contributed by atoms with E-state index in [2.05, 4.69) is 382 Å². The lowest BCUT2D eigenvalue weighted by atomic mass is 9.30. The molecule has 0 bridgehead atoms. The van der Waals surface area contributed by atoms with E-state index in [1.54, 1.807) is 0 Å². The summed E-state index contributed by atoms with van der Waals surface area (Å²) in [6.45, 7) is -0.572. The molecule has 0 aliphatic carbocycles. The summed E-state index contributed by atoms with van der Waals surface area (Å²) in [7, 11) is 0. The van der Waals surface area contributed by atoms with Gasteiger partial charge in [0.15, 0.2) is 0 Å². The van der Waals surface area contributed by atoms with Crippen molar-refractivity contribution < 1.29 is 4.74 Å². The van der Waals surface area contributed by atoms with Gasteiger partial charge in [-0.2, -0.15) is 0 Å². The van der Waals surface area contributed by atoms with E-state index < -0.39 is 0 Å². The maximum Gasteiger partial charge on any atom is 0.256 e. The average Bonchev–Trinajstić information content (AvgIpc) is 0.685. The van der Waals surface area contributed by atoms with Crippen molar-refractivity contribution in [2.75, 3.05) is 24.5 Å². The number of ether oxygens (including phenoxy) is 1. The van der Waals surface area contributed by atoms with E-state index in [0.29, 0.717) is 0 Å². The third kappa shape index (κ3) is 9.93. The molecule has 2 aromatic heterocycles. The fourth-order valence-electron chi connectivity index (χ4n) is 16.6. The van der Waals surface area contributed by atoms with Crippen LogP contribution in [0.1, 0.15) is 0 Å². The highest BCUT2D eigenvalue weighted by Crippen LogP contribution is 2.55. The van der Waals surface area contributed by atoms with Crippen LogP contribution in [0.25, 0.3) is 44.8 Å². The zero-order valence-electron chi connectivity index (χ0n) is 56.6. The van der Waals surface area contributed by atoms with E-state index in [9.17, 15) is 0 Å². The highest BCUT2D eigenvalue weighted by atomic mass is 16.5. The normalized spacial score (nSPS) is 12.6. The fourth-order valence-corrected chi connectivity index (χ4v) is 16.6. The van der Waals surface area contributed by atoms with Gasteiger partial charge in [-0.3, -0.25) is 9.97 Å². The third-order valence-corrected chi connectivity index (χ3v) is 20.9. The van der Waals surface area contributed by atoms with Crippen molar-refractivity contribution in [2.45, 2.75) is 0 Å². The summed E-state index contributed by atoms with van der Waals surface area (Å²) < 4.78 is 8.09. The molecule has 104 heavy (non-hydrogen) atoms. The molecule has 0 amide bonds. The number of pyridine rings is 2. The van der Waals surface area contributed by atoms with Crippen LogP contribution < -0.4 is 62.0 Å². The van der Waals surface area contributed by atoms with Crippen LogP contribution in [0.3, 0.4) is 0 Å². The minimum Gasteiger partial charge on any atom is -0.458 e. The first-order chi connectivity index (χ1) is 51.7. The van der Waals surface area contributed by atoms with E-state index in [1.807, 2.05) is 24.5 Å². The summed E-state index contributed by atoms with van der Waals surface area (Å²) in [6.07, 6.45) is 3.76. The number of rotatable bonds is 13. The van der Waals surface area contributed by atoms with Gasteiger partial charge in [0.2, 0.25) is 0 Å². The summed E-state index contributed by atoms with van der Waals surface area (Å²) in [6, 6.07) is 134. The zero-order chi connectivity index (χ0) is 68.6. The predicted molar refractivity (Wildman–Crippen MR) is 433 cm³/mol. The Balaban J connectivity index is 0.909. The maximum absolute atomic E-state index is 8.09. The van der Waals surface area contributed by atoms with Crippen molar-refractivity contribution in [3.05, 3.63) is 382 Å². The zero-order valence-corrected chi connectivity index (χ0v) is 56.6. The van der Waals surface area contributed by atoms with Gasteiger partial charge in [0.25, 0.3) is 13.4 Å². The number of benzene rings is 14. The number of nitrogens with zero attached hydrogens (tertiary/aromatic N) is 7. The summed E-state index contributed by atoms with van der Waals surface area (Å²) in [5.74, 6) is 1.53. The Bertz CT molecular complexity index is 5850.